The Labute approximate surface area is 116 Å². The Morgan fingerprint density at radius 2 is 1.80 bits per heavy atom. The summed E-state index contributed by atoms with van der Waals surface area (Å²) in [5.74, 6) is -3.17. The number of nitrogen functional groups attached to an aromatic ring is 1. The number of imidazole rings is 1. The average Bonchev–Trinajstić information content (AvgIpc) is 2.75. The summed E-state index contributed by atoms with van der Waals surface area (Å²) in [5, 5.41) is -0.152. The van der Waals surface area contributed by atoms with Gasteiger partial charge in [0.2, 0.25) is 5.95 Å². The van der Waals surface area contributed by atoms with Crippen LogP contribution in [0.1, 0.15) is 0 Å². The van der Waals surface area contributed by atoms with E-state index in [1.807, 2.05) is 0 Å². The number of hydrogen-bond acceptors (Lipinski definition) is 2. The largest absolute Gasteiger partial charge is 0.369 e. The lowest BCUT2D eigenvalue weighted by molar-refractivity contribution is 0.514. The third kappa shape index (κ3) is 1.72. The van der Waals surface area contributed by atoms with Crippen LogP contribution in [0.4, 0.5) is 19.1 Å². The highest BCUT2D eigenvalue weighted by atomic mass is 35.5. The van der Waals surface area contributed by atoms with Crippen molar-refractivity contribution in [3.05, 3.63) is 52.8 Å². The number of benzene rings is 2. The minimum atomic E-state index is -1.15. The molecule has 0 bridgehead atoms. The van der Waals surface area contributed by atoms with Gasteiger partial charge in [0.05, 0.1) is 16.2 Å². The first-order valence-corrected chi connectivity index (χ1v) is 5.95. The lowest BCUT2D eigenvalue weighted by Crippen LogP contribution is -2.04. The summed E-state index contributed by atoms with van der Waals surface area (Å²) in [7, 11) is 0. The Balaban J connectivity index is 2.45. The van der Waals surface area contributed by atoms with Crippen molar-refractivity contribution in [3.63, 3.8) is 0 Å². The normalized spacial score (nSPS) is 11.2. The fraction of sp³-hybridized carbons (Fsp3) is 0. The van der Waals surface area contributed by atoms with Crippen molar-refractivity contribution < 1.29 is 13.2 Å². The van der Waals surface area contributed by atoms with Crippen LogP contribution in [0.25, 0.3) is 16.7 Å². The number of nitrogens with zero attached hydrogens (tertiary/aromatic N) is 2. The van der Waals surface area contributed by atoms with E-state index >= 15 is 0 Å². The van der Waals surface area contributed by atoms with Gasteiger partial charge in [-0.25, -0.2) is 18.2 Å². The van der Waals surface area contributed by atoms with Crippen molar-refractivity contribution in [2.45, 2.75) is 0 Å². The number of nitrogens with two attached hydrogens (primary N) is 1. The zero-order chi connectivity index (χ0) is 14.4. The molecular weight excluding hydrogens is 291 g/mol. The van der Waals surface area contributed by atoms with Gasteiger partial charge >= 0.3 is 0 Å². The topological polar surface area (TPSA) is 43.8 Å². The average molecular weight is 298 g/mol. The molecule has 2 N–H and O–H groups in total. The maximum Gasteiger partial charge on any atom is 0.206 e. The molecular formula is C13H7ClF3N3. The van der Waals surface area contributed by atoms with E-state index in [0.717, 1.165) is 10.6 Å². The van der Waals surface area contributed by atoms with E-state index < -0.39 is 17.5 Å². The SMILES string of the molecule is Nc1nc2ccc(F)c(F)c2n1-c1cccc(Cl)c1F. The number of fused-ring (bicyclic) bond motifs is 1. The Bertz CT molecular complexity index is 829. The van der Waals surface area contributed by atoms with E-state index in [-0.39, 0.29) is 27.7 Å². The molecule has 1 heterocycles. The molecule has 0 radical (unpaired) electrons. The second-order valence-corrected chi connectivity index (χ2v) is 4.51. The second-order valence-electron chi connectivity index (χ2n) is 4.11. The van der Waals surface area contributed by atoms with Crippen LogP contribution in [0.3, 0.4) is 0 Å². The standard InChI is InChI=1S/C13H7ClF3N3/c14-6-2-1-3-9(10(6)16)20-12-8(19-13(20)18)5-4-7(15)11(12)17/h1-5H,(H2,18,19). The third-order valence-corrected chi connectivity index (χ3v) is 3.20. The van der Waals surface area contributed by atoms with Gasteiger partial charge in [-0.2, -0.15) is 0 Å². The van der Waals surface area contributed by atoms with Crippen LogP contribution < -0.4 is 5.73 Å². The van der Waals surface area contributed by atoms with Gasteiger partial charge in [0.1, 0.15) is 5.52 Å². The summed E-state index contributed by atoms with van der Waals surface area (Å²) < 4.78 is 42.3. The first kappa shape index (κ1) is 12.8. The fourth-order valence-electron chi connectivity index (χ4n) is 2.03. The van der Waals surface area contributed by atoms with Gasteiger partial charge in [-0.1, -0.05) is 17.7 Å². The fourth-order valence-corrected chi connectivity index (χ4v) is 2.20. The summed E-state index contributed by atoms with van der Waals surface area (Å²) in [6.45, 7) is 0. The lowest BCUT2D eigenvalue weighted by atomic mass is 10.2. The summed E-state index contributed by atoms with van der Waals surface area (Å²) in [6.07, 6.45) is 0. The number of anilines is 1. The zero-order valence-corrected chi connectivity index (χ0v) is 10.6. The smallest absolute Gasteiger partial charge is 0.206 e. The van der Waals surface area contributed by atoms with E-state index in [4.69, 9.17) is 17.3 Å². The van der Waals surface area contributed by atoms with E-state index in [0.29, 0.717) is 0 Å². The number of aromatic nitrogens is 2. The van der Waals surface area contributed by atoms with E-state index in [1.165, 1.54) is 24.3 Å². The molecule has 0 aliphatic carbocycles. The number of hydrogen-bond donors (Lipinski definition) is 1. The summed E-state index contributed by atoms with van der Waals surface area (Å²) in [5.41, 5.74) is 5.47. The lowest BCUT2D eigenvalue weighted by Gasteiger charge is -2.09. The molecule has 0 fully saturated rings. The molecule has 3 rings (SSSR count). The molecule has 0 saturated heterocycles. The molecule has 0 aliphatic heterocycles. The highest BCUT2D eigenvalue weighted by Gasteiger charge is 2.20. The van der Waals surface area contributed by atoms with E-state index in [9.17, 15) is 13.2 Å². The maximum absolute atomic E-state index is 14.1. The van der Waals surface area contributed by atoms with Crippen LogP contribution in [0.2, 0.25) is 5.02 Å². The summed E-state index contributed by atoms with van der Waals surface area (Å²) >= 11 is 5.69. The van der Waals surface area contributed by atoms with E-state index in [2.05, 4.69) is 4.98 Å². The number of halogens is 4. The van der Waals surface area contributed by atoms with Crippen molar-refractivity contribution in [1.29, 1.82) is 0 Å². The molecule has 7 heteroatoms. The molecule has 102 valence electrons. The van der Waals surface area contributed by atoms with Crippen LogP contribution in [-0.2, 0) is 0 Å². The van der Waals surface area contributed by atoms with Gasteiger partial charge in [-0.15, -0.1) is 0 Å². The van der Waals surface area contributed by atoms with E-state index in [1.54, 1.807) is 0 Å². The third-order valence-electron chi connectivity index (χ3n) is 2.91. The highest BCUT2D eigenvalue weighted by molar-refractivity contribution is 6.30. The van der Waals surface area contributed by atoms with Crippen molar-refractivity contribution in [1.82, 2.24) is 9.55 Å². The predicted octanol–water partition coefficient (Wildman–Crippen LogP) is 3.68. The van der Waals surface area contributed by atoms with Gasteiger partial charge in [0.25, 0.3) is 0 Å². The zero-order valence-electron chi connectivity index (χ0n) is 9.87. The Hall–Kier alpha value is -2.21. The first-order chi connectivity index (χ1) is 9.50. The van der Waals surface area contributed by atoms with Crippen LogP contribution in [0.5, 0.6) is 0 Å². The molecule has 0 spiro atoms. The Morgan fingerprint density at radius 3 is 2.55 bits per heavy atom. The van der Waals surface area contributed by atoms with Gasteiger partial charge in [0.15, 0.2) is 17.5 Å². The maximum atomic E-state index is 14.1. The molecule has 0 unspecified atom stereocenters. The molecule has 20 heavy (non-hydrogen) atoms. The molecule has 3 aromatic rings. The second kappa shape index (κ2) is 4.42. The van der Waals surface area contributed by atoms with Crippen molar-refractivity contribution in [2.24, 2.45) is 0 Å². The molecule has 0 amide bonds. The van der Waals surface area contributed by atoms with Crippen molar-refractivity contribution in [3.8, 4) is 5.69 Å². The molecule has 1 aromatic heterocycles. The Morgan fingerprint density at radius 1 is 1.05 bits per heavy atom. The molecule has 0 saturated carbocycles. The minimum Gasteiger partial charge on any atom is -0.369 e. The highest BCUT2D eigenvalue weighted by Crippen LogP contribution is 2.30. The minimum absolute atomic E-state index is 0.0954. The molecule has 2 aromatic carbocycles. The van der Waals surface area contributed by atoms with Gasteiger partial charge < -0.3 is 5.73 Å². The molecule has 0 atom stereocenters. The summed E-state index contributed by atoms with van der Waals surface area (Å²) in [6, 6.07) is 6.37. The Kier molecular flexibility index (Phi) is 2.83. The number of rotatable bonds is 1. The first-order valence-electron chi connectivity index (χ1n) is 5.57. The van der Waals surface area contributed by atoms with Crippen LogP contribution in [0, 0.1) is 17.5 Å². The molecule has 0 aliphatic rings. The van der Waals surface area contributed by atoms with Crippen molar-refractivity contribution >= 4 is 28.6 Å². The predicted molar refractivity (Wildman–Crippen MR) is 70.4 cm³/mol. The van der Waals surface area contributed by atoms with Crippen LogP contribution in [-0.4, -0.2) is 9.55 Å². The summed E-state index contributed by atoms with van der Waals surface area (Å²) in [4.78, 5) is 3.89. The van der Waals surface area contributed by atoms with Gasteiger partial charge in [0, 0.05) is 0 Å². The molecule has 3 nitrogen and oxygen atoms in total. The van der Waals surface area contributed by atoms with Gasteiger partial charge in [-0.3, -0.25) is 4.57 Å². The monoisotopic (exact) mass is 297 g/mol. The van der Waals surface area contributed by atoms with Gasteiger partial charge in [-0.05, 0) is 24.3 Å². The quantitative estimate of drug-likeness (QED) is 0.744. The van der Waals surface area contributed by atoms with Crippen molar-refractivity contribution in [2.75, 3.05) is 5.73 Å². The van der Waals surface area contributed by atoms with Crippen LogP contribution in [0.15, 0.2) is 30.3 Å². The van der Waals surface area contributed by atoms with Crippen LogP contribution >= 0.6 is 11.6 Å².